The minimum Gasteiger partial charge on any atom is -0.282 e. The van der Waals surface area contributed by atoms with Gasteiger partial charge in [0, 0.05) is 5.56 Å². The first-order valence-electron chi connectivity index (χ1n) is 5.25. The molecule has 1 radical (unpaired) electrons. The van der Waals surface area contributed by atoms with E-state index in [1.165, 1.54) is 30.3 Å². The number of hydrogen-bond donors (Lipinski definition) is 2. The van der Waals surface area contributed by atoms with Gasteiger partial charge in [0.15, 0.2) is 0 Å². The largest absolute Gasteiger partial charge is 0.295 e. The van der Waals surface area contributed by atoms with Gasteiger partial charge in [0.2, 0.25) is 0 Å². The van der Waals surface area contributed by atoms with Crippen molar-refractivity contribution in [2.45, 2.75) is 9.79 Å². The van der Waals surface area contributed by atoms with Crippen molar-refractivity contribution in [2.24, 2.45) is 0 Å². The molecule has 2 aromatic carbocycles. The van der Waals surface area contributed by atoms with Crippen molar-refractivity contribution in [2.75, 3.05) is 0 Å². The van der Waals surface area contributed by atoms with Crippen LogP contribution in [0.1, 0.15) is 0 Å². The van der Waals surface area contributed by atoms with Gasteiger partial charge in [0.1, 0.15) is 4.90 Å². The average Bonchev–Trinajstić information content (AvgIpc) is 2.37. The van der Waals surface area contributed by atoms with Gasteiger partial charge in [0.05, 0.1) is 4.90 Å². The molecule has 0 saturated carbocycles. The second-order valence-corrected chi connectivity index (χ2v) is 6.71. The van der Waals surface area contributed by atoms with E-state index in [2.05, 4.69) is 6.07 Å². The Labute approximate surface area is 116 Å². The smallest absolute Gasteiger partial charge is 0.282 e. The Bertz CT molecular complexity index is 836. The van der Waals surface area contributed by atoms with E-state index in [1.807, 2.05) is 0 Å². The van der Waals surface area contributed by atoms with Crippen LogP contribution in [-0.4, -0.2) is 25.9 Å². The Balaban J connectivity index is 2.59. The first-order chi connectivity index (χ1) is 9.19. The molecule has 0 spiro atoms. The molecule has 2 rings (SSSR count). The van der Waals surface area contributed by atoms with Gasteiger partial charge in [-0.05, 0) is 35.9 Å². The fourth-order valence-electron chi connectivity index (χ4n) is 1.67. The highest BCUT2D eigenvalue weighted by Crippen LogP contribution is 2.27. The fourth-order valence-corrected chi connectivity index (χ4v) is 2.85. The molecule has 0 saturated heterocycles. The maximum absolute atomic E-state index is 11.3. The van der Waals surface area contributed by atoms with Crippen molar-refractivity contribution >= 4 is 20.2 Å². The van der Waals surface area contributed by atoms with Crippen LogP contribution >= 0.6 is 0 Å². The molecule has 105 valence electrons. The Morgan fingerprint density at radius 2 is 1.45 bits per heavy atom. The van der Waals surface area contributed by atoms with Crippen LogP contribution in [0, 0.1) is 6.07 Å². The first-order valence-corrected chi connectivity index (χ1v) is 8.13. The van der Waals surface area contributed by atoms with Crippen LogP contribution in [0.5, 0.6) is 0 Å². The zero-order chi connectivity index (χ0) is 15.0. The van der Waals surface area contributed by atoms with Gasteiger partial charge in [-0.15, -0.1) is 0 Å². The minimum absolute atomic E-state index is 0.178. The highest BCUT2D eigenvalue weighted by molar-refractivity contribution is 7.86. The van der Waals surface area contributed by atoms with Crippen LogP contribution in [0.25, 0.3) is 11.1 Å². The maximum Gasteiger partial charge on any atom is 0.295 e. The molecule has 20 heavy (non-hydrogen) atoms. The molecule has 2 N–H and O–H groups in total. The predicted octanol–water partition coefficient (Wildman–Crippen LogP) is 1.65. The Morgan fingerprint density at radius 3 is 1.95 bits per heavy atom. The lowest BCUT2D eigenvalue weighted by molar-refractivity contribution is 0.481. The number of benzene rings is 2. The summed E-state index contributed by atoms with van der Waals surface area (Å²) in [5, 5.41) is 0. The van der Waals surface area contributed by atoms with Gasteiger partial charge in [-0.25, -0.2) is 0 Å². The monoisotopic (exact) mass is 313 g/mol. The third kappa shape index (κ3) is 3.05. The molecule has 0 bridgehead atoms. The van der Waals surface area contributed by atoms with E-state index in [9.17, 15) is 16.8 Å². The summed E-state index contributed by atoms with van der Waals surface area (Å²) in [6.45, 7) is 0. The van der Waals surface area contributed by atoms with Crippen LogP contribution in [-0.2, 0) is 20.2 Å². The van der Waals surface area contributed by atoms with E-state index in [0.717, 1.165) is 12.1 Å². The Morgan fingerprint density at radius 1 is 0.850 bits per heavy atom. The van der Waals surface area contributed by atoms with Gasteiger partial charge >= 0.3 is 0 Å². The van der Waals surface area contributed by atoms with Crippen LogP contribution in [0.3, 0.4) is 0 Å². The first kappa shape index (κ1) is 14.7. The molecule has 0 heterocycles. The summed E-state index contributed by atoms with van der Waals surface area (Å²) < 4.78 is 62.4. The fraction of sp³-hybridized carbons (Fsp3) is 0. The van der Waals surface area contributed by atoms with E-state index in [4.69, 9.17) is 9.11 Å². The lowest BCUT2D eigenvalue weighted by Crippen LogP contribution is -2.01. The molecular formula is C12H9O6S2. The van der Waals surface area contributed by atoms with Gasteiger partial charge in [-0.1, -0.05) is 18.2 Å². The van der Waals surface area contributed by atoms with Crippen molar-refractivity contribution in [3.8, 4) is 11.1 Å². The van der Waals surface area contributed by atoms with Crippen molar-refractivity contribution < 1.29 is 25.9 Å². The standard InChI is InChI=1S/C12H9O6S2/c13-19(14,15)10-7-5-9(6-8-10)11-3-1-2-4-12(11)20(16,17)18/h2-8H,(H,13,14,15)(H,16,17,18). The van der Waals surface area contributed by atoms with Gasteiger partial charge in [-0.2, -0.15) is 16.8 Å². The zero-order valence-electron chi connectivity index (χ0n) is 9.89. The van der Waals surface area contributed by atoms with Crippen molar-refractivity contribution in [1.29, 1.82) is 0 Å². The second kappa shape index (κ2) is 4.98. The van der Waals surface area contributed by atoms with Gasteiger partial charge in [-0.3, -0.25) is 9.11 Å². The number of rotatable bonds is 3. The summed E-state index contributed by atoms with van der Waals surface area (Å²) in [5.41, 5.74) is 0.541. The molecule has 0 atom stereocenters. The summed E-state index contributed by atoms with van der Waals surface area (Å²) in [7, 11) is -8.72. The summed E-state index contributed by atoms with van der Waals surface area (Å²) >= 11 is 0. The lowest BCUT2D eigenvalue weighted by Gasteiger charge is -2.07. The highest BCUT2D eigenvalue weighted by Gasteiger charge is 2.16. The predicted molar refractivity (Wildman–Crippen MR) is 70.3 cm³/mol. The Kier molecular flexibility index (Phi) is 3.65. The molecule has 0 aromatic heterocycles. The van der Waals surface area contributed by atoms with Crippen LogP contribution < -0.4 is 0 Å². The van der Waals surface area contributed by atoms with Crippen molar-refractivity contribution in [1.82, 2.24) is 0 Å². The van der Waals surface area contributed by atoms with E-state index < -0.39 is 20.2 Å². The SMILES string of the molecule is O=S(=O)(O)c1ccc(-c2c[c]ccc2S(=O)(=O)O)cc1. The molecule has 0 aliphatic rings. The molecular weight excluding hydrogens is 304 g/mol. The molecule has 6 nitrogen and oxygen atoms in total. The zero-order valence-corrected chi connectivity index (χ0v) is 11.5. The third-order valence-electron chi connectivity index (χ3n) is 2.57. The van der Waals surface area contributed by atoms with Crippen LogP contribution in [0.4, 0.5) is 0 Å². The van der Waals surface area contributed by atoms with E-state index in [1.54, 1.807) is 0 Å². The van der Waals surface area contributed by atoms with E-state index in [0.29, 0.717) is 5.56 Å². The molecule has 0 fully saturated rings. The molecule has 2 aromatic rings. The molecule has 8 heteroatoms. The average molecular weight is 313 g/mol. The van der Waals surface area contributed by atoms with Gasteiger partial charge in [0.25, 0.3) is 20.2 Å². The third-order valence-corrected chi connectivity index (χ3v) is 4.34. The van der Waals surface area contributed by atoms with E-state index >= 15 is 0 Å². The van der Waals surface area contributed by atoms with Crippen molar-refractivity contribution in [3.63, 3.8) is 0 Å². The molecule has 0 amide bonds. The number of hydrogen-bond acceptors (Lipinski definition) is 4. The topological polar surface area (TPSA) is 109 Å². The summed E-state index contributed by atoms with van der Waals surface area (Å²) in [5.74, 6) is 0. The minimum atomic E-state index is -4.41. The summed E-state index contributed by atoms with van der Waals surface area (Å²) in [6, 6.07) is 11.4. The lowest BCUT2D eigenvalue weighted by atomic mass is 10.1. The highest BCUT2D eigenvalue weighted by atomic mass is 32.2. The molecule has 0 aliphatic heterocycles. The van der Waals surface area contributed by atoms with Gasteiger partial charge < -0.3 is 0 Å². The summed E-state index contributed by atoms with van der Waals surface area (Å²) in [6.07, 6.45) is 0. The van der Waals surface area contributed by atoms with Crippen molar-refractivity contribution in [3.05, 3.63) is 48.5 Å². The maximum atomic E-state index is 11.3. The molecule has 0 aliphatic carbocycles. The second-order valence-electron chi connectivity index (χ2n) is 3.90. The Hall–Kier alpha value is -1.74. The van der Waals surface area contributed by atoms with E-state index in [-0.39, 0.29) is 15.4 Å². The molecule has 0 unspecified atom stereocenters. The normalized spacial score (nSPS) is 12.3. The van der Waals surface area contributed by atoms with Crippen LogP contribution in [0.2, 0.25) is 0 Å². The summed E-state index contributed by atoms with van der Waals surface area (Å²) in [4.78, 5) is -0.620. The quantitative estimate of drug-likeness (QED) is 0.834. The van der Waals surface area contributed by atoms with Crippen LogP contribution in [0.15, 0.2) is 52.3 Å².